The van der Waals surface area contributed by atoms with Gasteiger partial charge in [-0.3, -0.25) is 14.5 Å². The molecular weight excluding hydrogens is 485 g/mol. The lowest BCUT2D eigenvalue weighted by Crippen LogP contribution is -2.46. The average molecular weight is 519 g/mol. The van der Waals surface area contributed by atoms with Crippen molar-refractivity contribution >= 4 is 36.3 Å². The van der Waals surface area contributed by atoms with E-state index in [9.17, 15) is 19.7 Å². The van der Waals surface area contributed by atoms with Gasteiger partial charge in [-0.05, 0) is 79.6 Å². The summed E-state index contributed by atoms with van der Waals surface area (Å²) in [6.45, 7) is 4.54. The van der Waals surface area contributed by atoms with Crippen molar-refractivity contribution < 1.29 is 24.4 Å². The molecule has 2 aromatic rings. The van der Waals surface area contributed by atoms with Crippen molar-refractivity contribution in [1.29, 1.82) is 0 Å². The minimum atomic E-state index is -0.949. The highest BCUT2D eigenvalue weighted by atomic mass is 32.1. The number of nitrogens with zero attached hydrogens (tertiary/aromatic N) is 1. The molecule has 194 valence electrons. The number of phenols is 1. The van der Waals surface area contributed by atoms with Gasteiger partial charge in [0.05, 0.1) is 24.5 Å². The van der Waals surface area contributed by atoms with E-state index in [2.05, 4.69) is 19.9 Å². The van der Waals surface area contributed by atoms with Crippen molar-refractivity contribution in [1.82, 2.24) is 4.90 Å². The topological polar surface area (TPSA) is 87.1 Å². The van der Waals surface area contributed by atoms with Crippen LogP contribution in [0.15, 0.2) is 58.5 Å². The third kappa shape index (κ3) is 5.33. The van der Waals surface area contributed by atoms with Crippen molar-refractivity contribution in [2.75, 3.05) is 0 Å². The molecule has 0 bridgehead atoms. The summed E-state index contributed by atoms with van der Waals surface area (Å²) in [5.41, 5.74) is 4.57. The van der Waals surface area contributed by atoms with Gasteiger partial charge in [-0.2, -0.15) is 0 Å². The molecule has 4 atom stereocenters. The van der Waals surface area contributed by atoms with Crippen LogP contribution in [0.25, 0.3) is 6.08 Å². The van der Waals surface area contributed by atoms with Gasteiger partial charge in [-0.25, -0.2) is 0 Å². The first-order valence-electron chi connectivity index (χ1n) is 13.2. The van der Waals surface area contributed by atoms with E-state index in [1.54, 1.807) is 23.5 Å². The van der Waals surface area contributed by atoms with E-state index in [-0.39, 0.29) is 35.5 Å². The molecule has 0 radical (unpaired) electrons. The van der Waals surface area contributed by atoms with Gasteiger partial charge in [0.15, 0.2) is 0 Å². The maximum atomic E-state index is 13.6. The van der Waals surface area contributed by atoms with E-state index in [1.165, 1.54) is 10.5 Å². The largest absolute Gasteiger partial charge is 0.508 e. The number of carbonyl (C=O) groups is 2. The Morgan fingerprint density at radius 1 is 1.16 bits per heavy atom. The Bertz CT molecular complexity index is 1210. The minimum absolute atomic E-state index is 0.0820. The van der Waals surface area contributed by atoms with Gasteiger partial charge in [0.2, 0.25) is 11.8 Å². The molecule has 2 amide bonds. The highest BCUT2D eigenvalue weighted by Crippen LogP contribution is 2.50. The molecule has 37 heavy (non-hydrogen) atoms. The molecule has 0 spiro atoms. The molecule has 6 nitrogen and oxygen atoms in total. The highest BCUT2D eigenvalue weighted by Gasteiger charge is 2.56. The van der Waals surface area contributed by atoms with Crippen LogP contribution in [0.1, 0.15) is 56.4 Å². The number of hydrogen-bond acceptors (Lipinski definition) is 6. The lowest BCUT2D eigenvalue weighted by atomic mass is 9.58. The van der Waals surface area contributed by atoms with E-state index in [1.807, 2.05) is 29.6 Å². The highest BCUT2D eigenvalue weighted by molar-refractivity contribution is 7.09. The van der Waals surface area contributed by atoms with Crippen molar-refractivity contribution in [3.05, 3.63) is 68.9 Å². The van der Waals surface area contributed by atoms with E-state index < -0.39 is 13.0 Å². The Kier molecular flexibility index (Phi) is 7.70. The average Bonchev–Trinajstić information content (AvgIpc) is 3.46. The van der Waals surface area contributed by atoms with Gasteiger partial charge in [-0.15, -0.1) is 11.3 Å². The van der Waals surface area contributed by atoms with Crippen LogP contribution in [0.4, 0.5) is 0 Å². The normalized spacial score (nSPS) is 26.1. The lowest BCUT2D eigenvalue weighted by Gasteiger charge is -2.42. The predicted molar refractivity (Wildman–Crippen MR) is 146 cm³/mol. The Labute approximate surface area is 222 Å². The zero-order valence-electron chi connectivity index (χ0n) is 21.4. The zero-order valence-corrected chi connectivity index (χ0v) is 22.2. The fourth-order valence-corrected chi connectivity index (χ4v) is 7.11. The first-order chi connectivity index (χ1) is 17.9. The number of aromatic hydroxyl groups is 1. The van der Waals surface area contributed by atoms with Crippen LogP contribution < -0.4 is 0 Å². The minimum Gasteiger partial charge on any atom is -0.508 e. The number of rotatable bonds is 8. The molecule has 3 aliphatic rings. The fourth-order valence-electron chi connectivity index (χ4n) is 6.41. The lowest BCUT2D eigenvalue weighted by molar-refractivity contribution is -0.140. The quantitative estimate of drug-likeness (QED) is 0.276. The molecule has 1 aromatic heterocycles. The number of thiophene rings is 1. The number of imide groups is 1. The number of fused-ring (bicyclic) bond motifs is 3. The number of benzene rings is 1. The second-order valence-corrected chi connectivity index (χ2v) is 11.6. The van der Waals surface area contributed by atoms with Crippen molar-refractivity contribution in [2.45, 2.75) is 64.9 Å². The third-order valence-corrected chi connectivity index (χ3v) is 8.86. The smallest absolute Gasteiger partial charge is 0.455 e. The Morgan fingerprint density at radius 3 is 2.65 bits per heavy atom. The molecule has 5 rings (SSSR count). The summed E-state index contributed by atoms with van der Waals surface area (Å²) in [6.07, 6.45) is 6.30. The fraction of sp³-hybridized carbons (Fsp3) is 0.448. The number of amides is 2. The van der Waals surface area contributed by atoms with Crippen LogP contribution in [0.2, 0.25) is 6.32 Å². The van der Waals surface area contributed by atoms with Crippen LogP contribution in [-0.4, -0.2) is 40.1 Å². The summed E-state index contributed by atoms with van der Waals surface area (Å²) < 4.78 is 6.07. The molecular formula is C29H34BNO5S. The monoisotopic (exact) mass is 519 g/mol. The Balaban J connectivity index is 1.36. The van der Waals surface area contributed by atoms with Crippen molar-refractivity contribution in [2.24, 2.45) is 17.8 Å². The van der Waals surface area contributed by atoms with Gasteiger partial charge in [-0.1, -0.05) is 48.8 Å². The summed E-state index contributed by atoms with van der Waals surface area (Å²) in [5, 5.41) is 22.2. The van der Waals surface area contributed by atoms with Crippen molar-refractivity contribution in [3.63, 3.8) is 0 Å². The molecule has 2 fully saturated rings. The SMILES string of the molecule is CCC/C(=C\c1ccc(O)cc1)CC[C@H]1OB(O)C[C@H]2C1=C(C)C[C@H]1C(=O)N(Cc3cccs3)C(=O)[C@H]12. The third-order valence-electron chi connectivity index (χ3n) is 8.00. The molecule has 0 saturated carbocycles. The zero-order chi connectivity index (χ0) is 26.1. The summed E-state index contributed by atoms with van der Waals surface area (Å²) in [4.78, 5) is 29.3. The summed E-state index contributed by atoms with van der Waals surface area (Å²) in [6, 6.07) is 11.1. The van der Waals surface area contributed by atoms with Gasteiger partial charge < -0.3 is 14.8 Å². The molecule has 2 saturated heterocycles. The van der Waals surface area contributed by atoms with E-state index in [0.29, 0.717) is 25.7 Å². The number of hydrogen-bond donors (Lipinski definition) is 2. The van der Waals surface area contributed by atoms with Crippen molar-refractivity contribution in [3.8, 4) is 5.75 Å². The number of phenolic OH excluding ortho intramolecular Hbond substituents is 1. The van der Waals surface area contributed by atoms with Gasteiger partial charge in [0.25, 0.3) is 0 Å². The summed E-state index contributed by atoms with van der Waals surface area (Å²) in [7, 11) is -0.949. The van der Waals surface area contributed by atoms with Crippen LogP contribution in [0.5, 0.6) is 5.75 Å². The Morgan fingerprint density at radius 2 is 1.95 bits per heavy atom. The van der Waals surface area contributed by atoms with Crippen LogP contribution in [0, 0.1) is 17.8 Å². The number of carbonyl (C=O) groups excluding carboxylic acids is 2. The molecule has 2 aliphatic heterocycles. The molecule has 3 heterocycles. The van der Waals surface area contributed by atoms with Crippen LogP contribution >= 0.6 is 11.3 Å². The maximum absolute atomic E-state index is 13.6. The molecule has 0 unspecified atom stereocenters. The Hall–Kier alpha value is -2.68. The molecule has 1 aliphatic carbocycles. The maximum Gasteiger partial charge on any atom is 0.455 e. The van der Waals surface area contributed by atoms with E-state index in [0.717, 1.165) is 40.8 Å². The van der Waals surface area contributed by atoms with Gasteiger partial charge in [0, 0.05) is 4.88 Å². The second-order valence-electron chi connectivity index (χ2n) is 10.5. The molecule has 8 heteroatoms. The summed E-state index contributed by atoms with van der Waals surface area (Å²) >= 11 is 1.55. The standard InChI is InChI=1S/C29H34BNO5S/c1-3-5-19(15-20-7-10-21(32)11-8-20)9-12-25-26-18(2)14-23-27(24(26)16-30(35)36-25)29(34)31(28(23)33)17-22-6-4-13-37-22/h4,6-8,10-11,13,15,23-25,27,32,35H,3,5,9,12,14,16-17H2,1-2H3/b19-15+/t23-,24+,25-,27-/m1/s1. The van der Waals surface area contributed by atoms with Gasteiger partial charge >= 0.3 is 7.12 Å². The number of allylic oxidation sites excluding steroid dienone is 2. The predicted octanol–water partition coefficient (Wildman–Crippen LogP) is 5.43. The first-order valence-corrected chi connectivity index (χ1v) is 14.1. The summed E-state index contributed by atoms with van der Waals surface area (Å²) in [5.74, 6) is -0.886. The molecule has 1 aromatic carbocycles. The van der Waals surface area contributed by atoms with E-state index >= 15 is 0 Å². The first kappa shape index (κ1) is 26.0. The van der Waals surface area contributed by atoms with Crippen LogP contribution in [0.3, 0.4) is 0 Å². The number of likely N-dealkylation sites (tertiary alicyclic amines) is 1. The second kappa shape index (κ2) is 11.0. The van der Waals surface area contributed by atoms with Crippen LogP contribution in [-0.2, 0) is 20.8 Å². The van der Waals surface area contributed by atoms with E-state index in [4.69, 9.17) is 4.65 Å². The van der Waals surface area contributed by atoms with Gasteiger partial charge in [0.1, 0.15) is 5.75 Å². The molecule has 2 N–H and O–H groups in total.